The van der Waals surface area contributed by atoms with Gasteiger partial charge in [-0.3, -0.25) is 5.10 Å². The molecule has 1 atom stereocenters. The summed E-state index contributed by atoms with van der Waals surface area (Å²) in [5.74, 6) is 0. The second-order valence-corrected chi connectivity index (χ2v) is 2.98. The molecule has 4 nitrogen and oxygen atoms in total. The van der Waals surface area contributed by atoms with E-state index in [1.807, 2.05) is 13.8 Å². The van der Waals surface area contributed by atoms with Crippen molar-refractivity contribution in [3.8, 4) is 0 Å². The molecular formula is C8H15N3O. The monoisotopic (exact) mass is 169 g/mol. The first kappa shape index (κ1) is 9.22. The molecule has 0 aliphatic carbocycles. The largest absolute Gasteiger partial charge is 0.395 e. The van der Waals surface area contributed by atoms with Gasteiger partial charge >= 0.3 is 0 Å². The van der Waals surface area contributed by atoms with Gasteiger partial charge in [0.1, 0.15) is 0 Å². The first-order chi connectivity index (χ1) is 5.74. The lowest BCUT2D eigenvalue weighted by atomic mass is 10.2. The summed E-state index contributed by atoms with van der Waals surface area (Å²) in [7, 11) is 0. The summed E-state index contributed by atoms with van der Waals surface area (Å²) in [6.07, 6.45) is 1.80. The highest BCUT2D eigenvalue weighted by molar-refractivity contribution is 5.13. The molecule has 1 rings (SSSR count). The van der Waals surface area contributed by atoms with Crippen LogP contribution in [0.5, 0.6) is 0 Å². The Labute approximate surface area is 72.0 Å². The minimum absolute atomic E-state index is 0.138. The van der Waals surface area contributed by atoms with Gasteiger partial charge in [-0.1, -0.05) is 0 Å². The molecule has 0 aliphatic heterocycles. The fourth-order valence-corrected chi connectivity index (χ4v) is 0.903. The highest BCUT2D eigenvalue weighted by Crippen LogP contribution is 2.01. The van der Waals surface area contributed by atoms with Gasteiger partial charge in [0.15, 0.2) is 0 Å². The minimum Gasteiger partial charge on any atom is -0.395 e. The van der Waals surface area contributed by atoms with E-state index in [-0.39, 0.29) is 12.6 Å². The van der Waals surface area contributed by atoms with Gasteiger partial charge in [0.2, 0.25) is 0 Å². The molecule has 12 heavy (non-hydrogen) atoms. The second-order valence-electron chi connectivity index (χ2n) is 2.98. The van der Waals surface area contributed by atoms with Crippen LogP contribution in [0.25, 0.3) is 0 Å². The van der Waals surface area contributed by atoms with Crippen molar-refractivity contribution in [1.82, 2.24) is 15.5 Å². The summed E-state index contributed by atoms with van der Waals surface area (Å²) in [4.78, 5) is 0. The van der Waals surface area contributed by atoms with Gasteiger partial charge in [-0.25, -0.2) is 0 Å². The molecule has 0 saturated carbocycles. The molecule has 0 saturated heterocycles. The number of hydrogen-bond acceptors (Lipinski definition) is 3. The number of aliphatic hydroxyl groups is 1. The predicted molar refractivity (Wildman–Crippen MR) is 46.7 cm³/mol. The Morgan fingerprint density at radius 2 is 2.50 bits per heavy atom. The minimum atomic E-state index is 0.138. The second kappa shape index (κ2) is 4.23. The van der Waals surface area contributed by atoms with Crippen molar-refractivity contribution in [2.24, 2.45) is 0 Å². The maximum Gasteiger partial charge on any atom is 0.0582 e. The van der Waals surface area contributed by atoms with Crippen LogP contribution in [0.1, 0.15) is 18.2 Å². The SMILES string of the molecule is Cc1[nH]ncc1CNC(C)CO. The number of aliphatic hydroxyl groups excluding tert-OH is 1. The summed E-state index contributed by atoms with van der Waals surface area (Å²) in [6.45, 7) is 4.84. The third kappa shape index (κ3) is 2.32. The van der Waals surface area contributed by atoms with Crippen molar-refractivity contribution in [2.75, 3.05) is 6.61 Å². The van der Waals surface area contributed by atoms with Gasteiger partial charge in [-0.05, 0) is 13.8 Å². The van der Waals surface area contributed by atoms with Gasteiger partial charge in [0.05, 0.1) is 12.8 Å². The number of hydrogen-bond donors (Lipinski definition) is 3. The molecule has 0 spiro atoms. The van der Waals surface area contributed by atoms with E-state index >= 15 is 0 Å². The molecule has 1 unspecified atom stereocenters. The van der Waals surface area contributed by atoms with Crippen LogP contribution in [0.4, 0.5) is 0 Å². The summed E-state index contributed by atoms with van der Waals surface area (Å²) in [6, 6.07) is 0.138. The van der Waals surface area contributed by atoms with Gasteiger partial charge < -0.3 is 10.4 Å². The Morgan fingerprint density at radius 1 is 1.75 bits per heavy atom. The number of nitrogens with zero attached hydrogens (tertiary/aromatic N) is 1. The lowest BCUT2D eigenvalue weighted by molar-refractivity contribution is 0.251. The molecule has 3 N–H and O–H groups in total. The lowest BCUT2D eigenvalue weighted by Crippen LogP contribution is -2.28. The maximum absolute atomic E-state index is 8.75. The highest BCUT2D eigenvalue weighted by atomic mass is 16.3. The Balaban J connectivity index is 2.38. The number of aromatic nitrogens is 2. The van der Waals surface area contributed by atoms with Crippen LogP contribution in [0.3, 0.4) is 0 Å². The number of rotatable bonds is 4. The quantitative estimate of drug-likeness (QED) is 0.603. The number of nitrogens with one attached hydrogen (secondary N) is 2. The van der Waals surface area contributed by atoms with E-state index in [1.54, 1.807) is 6.20 Å². The zero-order chi connectivity index (χ0) is 8.97. The van der Waals surface area contributed by atoms with E-state index in [9.17, 15) is 0 Å². The molecule has 1 aromatic heterocycles. The Bertz CT molecular complexity index is 234. The molecule has 0 amide bonds. The average Bonchev–Trinajstić information content (AvgIpc) is 2.47. The van der Waals surface area contributed by atoms with E-state index in [2.05, 4.69) is 15.5 Å². The van der Waals surface area contributed by atoms with E-state index in [0.717, 1.165) is 17.8 Å². The molecule has 4 heteroatoms. The smallest absolute Gasteiger partial charge is 0.0582 e. The summed E-state index contributed by atoms with van der Waals surface area (Å²) < 4.78 is 0. The Kier molecular flexibility index (Phi) is 3.25. The van der Waals surface area contributed by atoms with Crippen LogP contribution in [0.15, 0.2) is 6.20 Å². The number of aryl methyl sites for hydroxylation is 1. The molecule has 0 radical (unpaired) electrons. The summed E-state index contributed by atoms with van der Waals surface area (Å²) in [5, 5.41) is 18.7. The fraction of sp³-hybridized carbons (Fsp3) is 0.625. The third-order valence-corrected chi connectivity index (χ3v) is 1.85. The van der Waals surface area contributed by atoms with Gasteiger partial charge in [-0.2, -0.15) is 5.10 Å². The topological polar surface area (TPSA) is 60.9 Å². The molecule has 0 aromatic carbocycles. The van der Waals surface area contributed by atoms with Crippen LogP contribution in [-0.2, 0) is 6.54 Å². The highest BCUT2D eigenvalue weighted by Gasteiger charge is 2.02. The maximum atomic E-state index is 8.75. The first-order valence-corrected chi connectivity index (χ1v) is 4.07. The molecule has 1 aromatic rings. The standard InChI is InChI=1S/C8H15N3O/c1-6(5-12)9-3-8-4-10-11-7(8)2/h4,6,9,12H,3,5H2,1-2H3,(H,10,11). The van der Waals surface area contributed by atoms with Crippen molar-refractivity contribution < 1.29 is 5.11 Å². The van der Waals surface area contributed by atoms with Crippen LogP contribution < -0.4 is 5.32 Å². The molecule has 0 fully saturated rings. The van der Waals surface area contributed by atoms with Crippen molar-refractivity contribution in [2.45, 2.75) is 26.4 Å². The summed E-state index contributed by atoms with van der Waals surface area (Å²) in [5.41, 5.74) is 2.22. The van der Waals surface area contributed by atoms with Crippen LogP contribution in [0, 0.1) is 6.92 Å². The predicted octanol–water partition coefficient (Wildman–Crippen LogP) is 0.189. The Morgan fingerprint density at radius 3 is 3.00 bits per heavy atom. The van der Waals surface area contributed by atoms with Crippen molar-refractivity contribution in [1.29, 1.82) is 0 Å². The third-order valence-electron chi connectivity index (χ3n) is 1.85. The van der Waals surface area contributed by atoms with Gasteiger partial charge in [0.25, 0.3) is 0 Å². The fourth-order valence-electron chi connectivity index (χ4n) is 0.903. The summed E-state index contributed by atoms with van der Waals surface area (Å²) >= 11 is 0. The Hall–Kier alpha value is -0.870. The normalized spacial score (nSPS) is 13.2. The van der Waals surface area contributed by atoms with Crippen LogP contribution >= 0.6 is 0 Å². The van der Waals surface area contributed by atoms with E-state index in [4.69, 9.17) is 5.11 Å². The van der Waals surface area contributed by atoms with Crippen molar-refractivity contribution >= 4 is 0 Å². The first-order valence-electron chi connectivity index (χ1n) is 4.07. The zero-order valence-corrected chi connectivity index (χ0v) is 7.46. The molecule has 68 valence electrons. The van der Waals surface area contributed by atoms with E-state index in [1.165, 1.54) is 0 Å². The van der Waals surface area contributed by atoms with Crippen LogP contribution in [-0.4, -0.2) is 28.0 Å². The van der Waals surface area contributed by atoms with E-state index in [0.29, 0.717) is 0 Å². The van der Waals surface area contributed by atoms with Crippen LogP contribution in [0.2, 0.25) is 0 Å². The molecule has 0 bridgehead atoms. The number of H-pyrrole nitrogens is 1. The van der Waals surface area contributed by atoms with Crippen molar-refractivity contribution in [3.05, 3.63) is 17.5 Å². The van der Waals surface area contributed by atoms with Crippen molar-refractivity contribution in [3.63, 3.8) is 0 Å². The molecule has 0 aliphatic rings. The zero-order valence-electron chi connectivity index (χ0n) is 7.46. The lowest BCUT2D eigenvalue weighted by Gasteiger charge is -2.09. The molecule has 1 heterocycles. The molecular weight excluding hydrogens is 154 g/mol. The van der Waals surface area contributed by atoms with Gasteiger partial charge in [-0.15, -0.1) is 0 Å². The van der Waals surface area contributed by atoms with E-state index < -0.39 is 0 Å². The van der Waals surface area contributed by atoms with Gasteiger partial charge in [0, 0.05) is 23.8 Å². The number of aromatic amines is 1. The average molecular weight is 169 g/mol.